The molecular weight excluding hydrogens is 512 g/mol. The average molecular weight is 535 g/mol. The van der Waals surface area contributed by atoms with Crippen LogP contribution in [0.4, 0.5) is 5.69 Å². The van der Waals surface area contributed by atoms with Crippen molar-refractivity contribution < 1.29 is 19.1 Å². The molecule has 0 spiro atoms. The van der Waals surface area contributed by atoms with Gasteiger partial charge in [0.25, 0.3) is 11.8 Å². The molecule has 6 nitrogen and oxygen atoms in total. The lowest BCUT2D eigenvalue weighted by molar-refractivity contribution is -0.122. The van der Waals surface area contributed by atoms with Gasteiger partial charge in [0, 0.05) is 16.7 Å². The Hall–Kier alpha value is -2.36. The van der Waals surface area contributed by atoms with Crippen LogP contribution in [0.1, 0.15) is 25.0 Å². The van der Waals surface area contributed by atoms with Crippen LogP contribution in [-0.2, 0) is 9.59 Å². The highest BCUT2D eigenvalue weighted by Gasteiger charge is 2.30. The number of thioether (sulfide) groups is 1. The zero-order chi connectivity index (χ0) is 23.3. The highest BCUT2D eigenvalue weighted by atomic mass is 79.9. The van der Waals surface area contributed by atoms with Gasteiger partial charge in [-0.3, -0.25) is 14.5 Å². The van der Waals surface area contributed by atoms with Crippen molar-refractivity contribution in [1.29, 1.82) is 0 Å². The summed E-state index contributed by atoms with van der Waals surface area (Å²) >= 11 is 9.95. The van der Waals surface area contributed by atoms with E-state index in [4.69, 9.17) is 21.7 Å². The van der Waals surface area contributed by atoms with Crippen LogP contribution in [-0.4, -0.2) is 40.8 Å². The van der Waals surface area contributed by atoms with Gasteiger partial charge in [0.15, 0.2) is 18.1 Å². The molecule has 0 aromatic heterocycles. The van der Waals surface area contributed by atoms with E-state index in [1.165, 1.54) is 11.8 Å². The predicted octanol–water partition coefficient (Wildman–Crippen LogP) is 5.39. The van der Waals surface area contributed by atoms with Crippen LogP contribution in [0, 0.1) is 6.92 Å². The Morgan fingerprint density at radius 1 is 1.19 bits per heavy atom. The maximum absolute atomic E-state index is 12.4. The van der Waals surface area contributed by atoms with Crippen LogP contribution >= 0.6 is 39.9 Å². The summed E-state index contributed by atoms with van der Waals surface area (Å²) in [6.45, 7) is 6.49. The Bertz CT molecular complexity index is 1090. The molecule has 1 aliphatic rings. The summed E-state index contributed by atoms with van der Waals surface area (Å²) in [5.74, 6) is 0.582. The second kappa shape index (κ2) is 11.0. The van der Waals surface area contributed by atoms with Crippen molar-refractivity contribution in [1.82, 2.24) is 4.90 Å². The van der Waals surface area contributed by atoms with Crippen molar-refractivity contribution in [3.63, 3.8) is 0 Å². The molecule has 9 heteroatoms. The van der Waals surface area contributed by atoms with Crippen molar-refractivity contribution in [2.24, 2.45) is 0 Å². The summed E-state index contributed by atoms with van der Waals surface area (Å²) in [5, 5.41) is 2.85. The minimum absolute atomic E-state index is 0.0966. The third-order valence-corrected chi connectivity index (χ3v) is 6.45. The number of halogens is 1. The Morgan fingerprint density at radius 3 is 2.62 bits per heavy atom. The van der Waals surface area contributed by atoms with E-state index in [0.717, 1.165) is 21.3 Å². The quantitative estimate of drug-likeness (QED) is 0.361. The van der Waals surface area contributed by atoms with E-state index in [9.17, 15) is 9.59 Å². The van der Waals surface area contributed by atoms with Crippen LogP contribution in [0.25, 0.3) is 6.08 Å². The van der Waals surface area contributed by atoms with Crippen molar-refractivity contribution in [2.45, 2.75) is 20.8 Å². The molecule has 2 aromatic rings. The number of amides is 2. The van der Waals surface area contributed by atoms with E-state index in [-0.39, 0.29) is 18.4 Å². The number of carbonyl (C=O) groups excluding carboxylic acids is 2. The van der Waals surface area contributed by atoms with Gasteiger partial charge in [0.05, 0.1) is 11.5 Å². The number of nitrogens with one attached hydrogen (secondary N) is 1. The minimum atomic E-state index is -0.273. The van der Waals surface area contributed by atoms with Crippen LogP contribution in [0.3, 0.4) is 0 Å². The Morgan fingerprint density at radius 2 is 1.97 bits per heavy atom. The van der Waals surface area contributed by atoms with E-state index in [1.807, 2.05) is 45.0 Å². The molecule has 0 unspecified atom stereocenters. The fourth-order valence-corrected chi connectivity index (χ4v) is 4.88. The highest BCUT2D eigenvalue weighted by Crippen LogP contribution is 2.34. The predicted molar refractivity (Wildman–Crippen MR) is 136 cm³/mol. The molecule has 1 fully saturated rings. The van der Waals surface area contributed by atoms with E-state index < -0.39 is 0 Å². The Labute approximate surface area is 205 Å². The summed E-state index contributed by atoms with van der Waals surface area (Å²) in [4.78, 5) is 26.9. The van der Waals surface area contributed by atoms with Crippen LogP contribution in [0.15, 0.2) is 45.8 Å². The van der Waals surface area contributed by atoms with Gasteiger partial charge in [0.1, 0.15) is 4.32 Å². The SMILES string of the molecule is CCOc1cc(/C=C2\SC(=S)N(CC)C2=O)ccc1OCC(=O)Nc1ccc(Br)cc1C. The molecular formula is C23H23BrN2O4S2. The first-order chi connectivity index (χ1) is 15.3. The molecule has 0 aliphatic carbocycles. The second-order valence-corrected chi connectivity index (χ2v) is 9.45. The fourth-order valence-electron chi connectivity index (χ4n) is 3.02. The maximum atomic E-state index is 12.4. The van der Waals surface area contributed by atoms with E-state index in [2.05, 4.69) is 21.2 Å². The standard InChI is InChI=1S/C23H23BrN2O4S2/c1-4-26-22(28)20(32-23(26)31)12-15-6-9-18(19(11-15)29-5-2)30-13-21(27)25-17-8-7-16(24)10-14(17)3/h6-12H,4-5,13H2,1-3H3,(H,25,27)/b20-12-. The first kappa shape index (κ1) is 24.3. The van der Waals surface area contributed by atoms with Crippen LogP contribution < -0.4 is 14.8 Å². The maximum Gasteiger partial charge on any atom is 0.266 e. The number of carbonyl (C=O) groups is 2. The lowest BCUT2D eigenvalue weighted by Gasteiger charge is -2.13. The second-order valence-electron chi connectivity index (χ2n) is 6.86. The molecule has 2 amide bonds. The van der Waals surface area contributed by atoms with Gasteiger partial charge in [-0.15, -0.1) is 0 Å². The van der Waals surface area contributed by atoms with E-state index in [0.29, 0.717) is 33.9 Å². The Kier molecular flexibility index (Phi) is 8.33. The smallest absolute Gasteiger partial charge is 0.266 e. The molecule has 1 saturated heterocycles. The van der Waals surface area contributed by atoms with Crippen molar-refractivity contribution in [2.75, 3.05) is 25.1 Å². The number of anilines is 1. The fraction of sp³-hybridized carbons (Fsp3) is 0.261. The number of aryl methyl sites for hydroxylation is 1. The minimum Gasteiger partial charge on any atom is -0.490 e. The molecule has 0 atom stereocenters. The van der Waals surface area contributed by atoms with E-state index in [1.54, 1.807) is 23.1 Å². The third-order valence-electron chi connectivity index (χ3n) is 4.58. The molecule has 32 heavy (non-hydrogen) atoms. The number of hydrogen-bond acceptors (Lipinski definition) is 6. The summed E-state index contributed by atoms with van der Waals surface area (Å²) in [7, 11) is 0. The summed E-state index contributed by atoms with van der Waals surface area (Å²) < 4.78 is 12.9. The molecule has 1 aliphatic heterocycles. The first-order valence-corrected chi connectivity index (χ1v) is 12.0. The lowest BCUT2D eigenvalue weighted by atomic mass is 10.2. The van der Waals surface area contributed by atoms with Gasteiger partial charge in [0.2, 0.25) is 0 Å². The number of rotatable bonds is 8. The van der Waals surface area contributed by atoms with Gasteiger partial charge in [-0.05, 0) is 68.3 Å². The molecule has 0 saturated carbocycles. The first-order valence-electron chi connectivity index (χ1n) is 10.0. The molecule has 0 bridgehead atoms. The molecule has 1 N–H and O–H groups in total. The number of hydrogen-bond donors (Lipinski definition) is 1. The van der Waals surface area contributed by atoms with Gasteiger partial charge in [-0.25, -0.2) is 0 Å². The average Bonchev–Trinajstić information content (AvgIpc) is 3.02. The van der Waals surface area contributed by atoms with Crippen LogP contribution in [0.2, 0.25) is 0 Å². The summed E-state index contributed by atoms with van der Waals surface area (Å²) in [6.07, 6.45) is 1.78. The van der Waals surface area contributed by atoms with Gasteiger partial charge >= 0.3 is 0 Å². The number of benzene rings is 2. The molecule has 3 rings (SSSR count). The number of thiocarbonyl (C=S) groups is 1. The van der Waals surface area contributed by atoms with Gasteiger partial charge in [-0.2, -0.15) is 0 Å². The molecule has 0 radical (unpaired) electrons. The van der Waals surface area contributed by atoms with Crippen molar-refractivity contribution >= 4 is 67.8 Å². The molecule has 2 aromatic carbocycles. The monoisotopic (exact) mass is 534 g/mol. The number of ether oxygens (including phenoxy) is 2. The third kappa shape index (κ3) is 5.90. The molecule has 168 valence electrons. The topological polar surface area (TPSA) is 67.9 Å². The van der Waals surface area contributed by atoms with Crippen LogP contribution in [0.5, 0.6) is 11.5 Å². The van der Waals surface area contributed by atoms with Crippen molar-refractivity contribution in [3.8, 4) is 11.5 Å². The zero-order valence-electron chi connectivity index (χ0n) is 17.9. The highest BCUT2D eigenvalue weighted by molar-refractivity contribution is 9.10. The molecule has 1 heterocycles. The number of nitrogens with zero attached hydrogens (tertiary/aromatic N) is 1. The summed E-state index contributed by atoms with van der Waals surface area (Å²) in [6, 6.07) is 11.0. The van der Waals surface area contributed by atoms with Crippen molar-refractivity contribution in [3.05, 3.63) is 56.9 Å². The number of likely N-dealkylation sites (N-methyl/N-ethyl adjacent to an activating group) is 1. The zero-order valence-corrected chi connectivity index (χ0v) is 21.2. The largest absolute Gasteiger partial charge is 0.490 e. The van der Waals surface area contributed by atoms with Gasteiger partial charge in [-0.1, -0.05) is 46.0 Å². The lowest BCUT2D eigenvalue weighted by Crippen LogP contribution is -2.27. The Balaban J connectivity index is 1.71. The normalized spacial score (nSPS) is 14.8. The summed E-state index contributed by atoms with van der Waals surface area (Å²) in [5.41, 5.74) is 2.46. The van der Waals surface area contributed by atoms with Gasteiger partial charge < -0.3 is 14.8 Å². The van der Waals surface area contributed by atoms with E-state index >= 15 is 0 Å².